The minimum absolute atomic E-state index is 0.0112. The van der Waals surface area contributed by atoms with E-state index in [1.165, 1.54) is 12.1 Å². The van der Waals surface area contributed by atoms with Gasteiger partial charge in [0.15, 0.2) is 0 Å². The van der Waals surface area contributed by atoms with Crippen LogP contribution in [0, 0.1) is 5.92 Å². The zero-order chi connectivity index (χ0) is 34.7. The molecule has 4 heterocycles. The van der Waals surface area contributed by atoms with Gasteiger partial charge >= 0.3 is 12.2 Å². The number of likely N-dealkylation sites (N-methyl/N-ethyl adjacent to an activating group) is 1. The second-order valence-corrected chi connectivity index (χ2v) is 14.1. The Kier molecular flexibility index (Phi) is 10.7. The number of nitrogen functional groups attached to an aromatic ring is 1. The number of alkyl halides is 3. The average Bonchev–Trinajstić information content (AvgIpc) is 3.26. The molecule has 10 nitrogen and oxygen atoms in total. The van der Waals surface area contributed by atoms with Crippen molar-refractivity contribution in [1.29, 1.82) is 0 Å². The number of nitrogens with one attached hydrogen (secondary N) is 1. The number of likely N-dealkylation sites (tertiary alicyclic amines) is 2. The summed E-state index contributed by atoms with van der Waals surface area (Å²) in [5.41, 5.74) is 6.60. The van der Waals surface area contributed by atoms with Gasteiger partial charge in [-0.25, -0.2) is 4.79 Å². The van der Waals surface area contributed by atoms with Crippen molar-refractivity contribution in [3.63, 3.8) is 0 Å². The van der Waals surface area contributed by atoms with E-state index in [4.69, 9.17) is 5.73 Å². The summed E-state index contributed by atoms with van der Waals surface area (Å²) in [6.07, 6.45) is -1.08. The molecular formula is C36H48F3N7O3. The van der Waals surface area contributed by atoms with Crippen molar-refractivity contribution in [2.24, 2.45) is 5.92 Å². The number of benzene rings is 2. The van der Waals surface area contributed by atoms with Gasteiger partial charge in [0.1, 0.15) is 0 Å². The van der Waals surface area contributed by atoms with Gasteiger partial charge in [0, 0.05) is 88.8 Å². The van der Waals surface area contributed by atoms with Crippen molar-refractivity contribution in [3.8, 4) is 0 Å². The maximum atomic E-state index is 14.1. The number of urea groups is 1. The fraction of sp³-hybridized carbons (Fsp3) is 0.583. The van der Waals surface area contributed by atoms with Crippen molar-refractivity contribution in [1.82, 2.24) is 24.5 Å². The maximum absolute atomic E-state index is 14.1. The van der Waals surface area contributed by atoms with Crippen LogP contribution in [-0.2, 0) is 28.6 Å². The number of nitrogens with two attached hydrogens (primary N) is 1. The molecule has 0 bridgehead atoms. The summed E-state index contributed by atoms with van der Waals surface area (Å²) in [4.78, 5) is 51.1. The maximum Gasteiger partial charge on any atom is 0.418 e. The molecule has 0 spiro atoms. The van der Waals surface area contributed by atoms with Gasteiger partial charge in [0.05, 0.1) is 11.5 Å². The molecule has 2 aromatic carbocycles. The third kappa shape index (κ3) is 8.31. The van der Waals surface area contributed by atoms with Crippen LogP contribution in [0.4, 0.5) is 29.3 Å². The number of para-hydroxylation sites is 1. The highest BCUT2D eigenvalue weighted by atomic mass is 19.4. The molecule has 3 saturated heterocycles. The summed E-state index contributed by atoms with van der Waals surface area (Å²) >= 11 is 0. The van der Waals surface area contributed by atoms with Crippen molar-refractivity contribution in [2.75, 3.05) is 77.0 Å². The van der Waals surface area contributed by atoms with Crippen molar-refractivity contribution in [3.05, 3.63) is 59.2 Å². The first-order valence-electron chi connectivity index (χ1n) is 17.6. The number of hydrogen-bond donors (Lipinski definition) is 2. The molecule has 3 fully saturated rings. The largest absolute Gasteiger partial charge is 0.418 e. The number of rotatable bonds is 7. The van der Waals surface area contributed by atoms with E-state index in [2.05, 4.69) is 22.2 Å². The third-order valence-electron chi connectivity index (χ3n) is 10.9. The number of nitrogens with zero attached hydrogens (tertiary/aromatic N) is 5. The van der Waals surface area contributed by atoms with Gasteiger partial charge in [-0.15, -0.1) is 0 Å². The van der Waals surface area contributed by atoms with Crippen LogP contribution in [0.25, 0.3) is 0 Å². The number of hydrogen-bond acceptors (Lipinski definition) is 6. The van der Waals surface area contributed by atoms with E-state index in [9.17, 15) is 27.6 Å². The number of fused-ring (bicyclic) bond motifs is 1. The molecule has 1 atom stereocenters. The predicted molar refractivity (Wildman–Crippen MR) is 182 cm³/mol. The van der Waals surface area contributed by atoms with E-state index >= 15 is 0 Å². The summed E-state index contributed by atoms with van der Waals surface area (Å²) in [6, 6.07) is 11.8. The lowest BCUT2D eigenvalue weighted by molar-refractivity contribution is -0.143. The van der Waals surface area contributed by atoms with Gasteiger partial charge in [-0.05, 0) is 74.9 Å². The lowest BCUT2D eigenvalue weighted by atomic mass is 9.91. The molecule has 3 N–H and O–H groups in total. The number of halogens is 3. The molecule has 2 aromatic rings. The summed E-state index contributed by atoms with van der Waals surface area (Å²) in [5.74, 6) is -1.18. The summed E-state index contributed by atoms with van der Waals surface area (Å²) in [7, 11) is 2.12. The normalized spacial score (nSPS) is 21.2. The van der Waals surface area contributed by atoms with Crippen molar-refractivity contribution in [2.45, 2.75) is 63.2 Å². The van der Waals surface area contributed by atoms with Crippen LogP contribution in [0.3, 0.4) is 0 Å². The van der Waals surface area contributed by atoms with Gasteiger partial charge < -0.3 is 30.7 Å². The lowest BCUT2D eigenvalue weighted by Gasteiger charge is -2.42. The molecular weight excluding hydrogens is 635 g/mol. The average molecular weight is 684 g/mol. The Hall–Kier alpha value is -3.84. The second kappa shape index (κ2) is 15.0. The van der Waals surface area contributed by atoms with Gasteiger partial charge in [0.25, 0.3) is 0 Å². The number of carbonyl (C=O) groups is 3. The monoisotopic (exact) mass is 683 g/mol. The second-order valence-electron chi connectivity index (χ2n) is 14.1. The van der Waals surface area contributed by atoms with Gasteiger partial charge in [-0.3, -0.25) is 14.5 Å². The molecule has 13 heteroatoms. The van der Waals surface area contributed by atoms with E-state index < -0.39 is 17.7 Å². The first-order chi connectivity index (χ1) is 23.5. The minimum atomic E-state index is -4.63. The van der Waals surface area contributed by atoms with Gasteiger partial charge in [-0.1, -0.05) is 24.3 Å². The fourth-order valence-electron chi connectivity index (χ4n) is 7.91. The van der Waals surface area contributed by atoms with Crippen molar-refractivity contribution >= 4 is 29.2 Å². The van der Waals surface area contributed by atoms with E-state index in [0.717, 1.165) is 62.8 Å². The topological polar surface area (TPSA) is 105 Å². The van der Waals surface area contributed by atoms with E-state index in [0.29, 0.717) is 57.2 Å². The fourth-order valence-corrected chi connectivity index (χ4v) is 7.91. The molecule has 266 valence electrons. The summed E-state index contributed by atoms with van der Waals surface area (Å²) in [5, 5.41) is 3.02. The Bertz CT molecular complexity index is 1500. The minimum Gasteiger partial charge on any atom is -0.398 e. The quantitative estimate of drug-likeness (QED) is 0.425. The smallest absolute Gasteiger partial charge is 0.398 e. The highest BCUT2D eigenvalue weighted by Gasteiger charge is 2.37. The highest BCUT2D eigenvalue weighted by molar-refractivity contribution is 5.91. The SMILES string of the molecule is CN1CCN(C2CCN(C(=O)[C@H](CC(=O)N3CCC(N4CCc5ccccc5NC4=O)CC3)Cc3ccc(N)c(C(F)(F)F)c3)CC2)CC1. The molecule has 4 amide bonds. The molecule has 4 aliphatic rings. The standard InChI is InChI=1S/C36H48F3N7O3/c1-42-18-20-43(21-19-42)28-9-15-45(16-10-28)34(48)27(22-25-6-7-31(40)30(23-25)36(37,38)39)24-33(47)44-13-11-29(12-14-44)46-17-8-26-4-2-3-5-32(26)41-35(46)49/h2-7,23,27-29H,8-22,24,40H2,1H3,(H,41,49)/t27-/m0/s1. The molecule has 4 aliphatic heterocycles. The van der Waals surface area contributed by atoms with Crippen LogP contribution in [0.2, 0.25) is 0 Å². The van der Waals surface area contributed by atoms with Crippen LogP contribution >= 0.6 is 0 Å². The van der Waals surface area contributed by atoms with Crippen molar-refractivity contribution < 1.29 is 27.6 Å². The molecule has 0 unspecified atom stereocenters. The molecule has 49 heavy (non-hydrogen) atoms. The van der Waals surface area contributed by atoms with Gasteiger partial charge in [0.2, 0.25) is 11.8 Å². The molecule has 0 saturated carbocycles. The molecule has 0 aliphatic carbocycles. The van der Waals surface area contributed by atoms with E-state index in [1.807, 2.05) is 29.2 Å². The Morgan fingerprint density at radius 3 is 2.22 bits per heavy atom. The lowest BCUT2D eigenvalue weighted by Crippen LogP contribution is -2.53. The first-order valence-corrected chi connectivity index (χ1v) is 17.6. The number of carbonyl (C=O) groups excluding carboxylic acids is 3. The predicted octanol–water partition coefficient (Wildman–Crippen LogP) is 4.16. The Labute approximate surface area is 286 Å². The van der Waals surface area contributed by atoms with Crippen LogP contribution < -0.4 is 11.1 Å². The van der Waals surface area contributed by atoms with Crippen LogP contribution in [0.1, 0.15) is 48.8 Å². The number of anilines is 2. The molecule has 6 rings (SSSR count). The zero-order valence-corrected chi connectivity index (χ0v) is 28.3. The number of piperidine rings is 2. The van der Waals surface area contributed by atoms with E-state index in [-0.39, 0.29) is 42.4 Å². The Balaban J connectivity index is 1.10. The van der Waals surface area contributed by atoms with E-state index in [1.54, 1.807) is 9.80 Å². The summed E-state index contributed by atoms with van der Waals surface area (Å²) in [6.45, 7) is 6.62. The highest BCUT2D eigenvalue weighted by Crippen LogP contribution is 2.35. The van der Waals surface area contributed by atoms with Gasteiger partial charge in [-0.2, -0.15) is 13.2 Å². The Morgan fingerprint density at radius 2 is 1.53 bits per heavy atom. The number of amides is 4. The third-order valence-corrected chi connectivity index (χ3v) is 10.9. The summed E-state index contributed by atoms with van der Waals surface area (Å²) < 4.78 is 41.1. The van der Waals surface area contributed by atoms with Crippen LogP contribution in [0.5, 0.6) is 0 Å². The first kappa shape index (κ1) is 35.0. The Morgan fingerprint density at radius 1 is 0.878 bits per heavy atom. The van der Waals surface area contributed by atoms with Crippen LogP contribution in [0.15, 0.2) is 42.5 Å². The van der Waals surface area contributed by atoms with Crippen LogP contribution in [-0.4, -0.2) is 120 Å². The molecule has 0 radical (unpaired) electrons. The number of piperazine rings is 1. The zero-order valence-electron chi connectivity index (χ0n) is 28.3. The molecule has 0 aromatic heterocycles.